The number of anilines is 1. The molecule has 0 aliphatic heterocycles. The van der Waals surface area contributed by atoms with Gasteiger partial charge in [0.15, 0.2) is 0 Å². The first-order valence-corrected chi connectivity index (χ1v) is 7.26. The van der Waals surface area contributed by atoms with Crippen molar-refractivity contribution in [3.8, 4) is 5.75 Å². The highest BCUT2D eigenvalue weighted by Gasteiger charge is 2.09. The topological polar surface area (TPSA) is 50.7 Å². The molecule has 0 bridgehead atoms. The van der Waals surface area contributed by atoms with E-state index in [9.17, 15) is 4.79 Å². The minimum absolute atomic E-state index is 0.0442. The second kappa shape index (κ2) is 7.24. The third-order valence-electron chi connectivity index (χ3n) is 2.48. The third kappa shape index (κ3) is 4.58. The lowest BCUT2D eigenvalue weighted by atomic mass is 10.3. The molecule has 6 heteroatoms. The van der Waals surface area contributed by atoms with E-state index in [2.05, 4.69) is 26.5 Å². The molecule has 2 aromatic carbocycles. The maximum absolute atomic E-state index is 11.6. The van der Waals surface area contributed by atoms with Crippen LogP contribution in [-0.4, -0.2) is 11.7 Å². The van der Waals surface area contributed by atoms with Crippen LogP contribution in [0.5, 0.6) is 5.75 Å². The predicted molar refractivity (Wildman–Crippen MR) is 88.0 cm³/mol. The Morgan fingerprint density at radius 2 is 1.86 bits per heavy atom. The molecule has 0 atom stereocenters. The van der Waals surface area contributed by atoms with Gasteiger partial charge in [-0.1, -0.05) is 39.7 Å². The van der Waals surface area contributed by atoms with Crippen LogP contribution in [0.2, 0.25) is 5.02 Å². The average Bonchev–Trinajstić information content (AvgIpc) is 2.46. The number of nitrogens with one attached hydrogen (secondary N) is 1. The molecular formula is C15H12BrClN2O2. The third-order valence-corrected chi connectivity index (χ3v) is 3.34. The van der Waals surface area contributed by atoms with Crippen molar-refractivity contribution in [1.82, 2.24) is 0 Å². The van der Waals surface area contributed by atoms with E-state index in [4.69, 9.17) is 16.3 Å². The van der Waals surface area contributed by atoms with Crippen LogP contribution >= 0.6 is 27.5 Å². The molecule has 1 N–H and O–H groups in total. The van der Waals surface area contributed by atoms with Gasteiger partial charge in [-0.25, -0.2) is 0 Å². The molecular weight excluding hydrogens is 356 g/mol. The second-order valence-electron chi connectivity index (χ2n) is 4.12. The van der Waals surface area contributed by atoms with Gasteiger partial charge in [-0.2, -0.15) is 0 Å². The lowest BCUT2D eigenvalue weighted by Crippen LogP contribution is -2.19. The first-order chi connectivity index (χ1) is 10.1. The number of carbonyl (C=O) groups is 1. The summed E-state index contributed by atoms with van der Waals surface area (Å²) >= 11 is 9.33. The van der Waals surface area contributed by atoms with Gasteiger partial charge in [0.2, 0.25) is 5.78 Å². The fraction of sp³-hybridized carbons (Fsp3) is 0.0667. The van der Waals surface area contributed by atoms with Gasteiger partial charge in [0.25, 0.3) is 5.90 Å². The second-order valence-corrected chi connectivity index (χ2v) is 5.44. The zero-order valence-electron chi connectivity index (χ0n) is 11.1. The molecule has 2 rings (SSSR count). The van der Waals surface area contributed by atoms with E-state index in [-0.39, 0.29) is 11.7 Å². The lowest BCUT2D eigenvalue weighted by molar-refractivity contribution is -0.111. The fourth-order valence-electron chi connectivity index (χ4n) is 1.45. The Kier molecular flexibility index (Phi) is 5.36. The number of para-hydroxylation sites is 1. The number of hydrogen-bond donors (Lipinski definition) is 1. The predicted octanol–water partition coefficient (Wildman–Crippen LogP) is 4.50. The van der Waals surface area contributed by atoms with Gasteiger partial charge in [-0.3, -0.25) is 10.2 Å². The van der Waals surface area contributed by atoms with Gasteiger partial charge in [-0.05, 0) is 36.4 Å². The molecule has 0 aromatic heterocycles. The zero-order valence-corrected chi connectivity index (χ0v) is 13.5. The number of halogens is 2. The molecule has 0 amide bonds. The van der Waals surface area contributed by atoms with Crippen molar-refractivity contribution in [3.63, 3.8) is 0 Å². The van der Waals surface area contributed by atoms with E-state index in [1.54, 1.807) is 30.3 Å². The summed E-state index contributed by atoms with van der Waals surface area (Å²) in [4.78, 5) is 11.6. The number of hydrazone groups is 1. The van der Waals surface area contributed by atoms with Crippen molar-refractivity contribution < 1.29 is 9.53 Å². The maximum atomic E-state index is 11.6. The Hall–Kier alpha value is -1.85. The summed E-state index contributed by atoms with van der Waals surface area (Å²) in [6.45, 7) is 1.38. The molecule has 0 saturated heterocycles. The van der Waals surface area contributed by atoms with E-state index in [1.807, 2.05) is 18.2 Å². The van der Waals surface area contributed by atoms with Gasteiger partial charge >= 0.3 is 0 Å². The van der Waals surface area contributed by atoms with Crippen molar-refractivity contribution in [2.75, 3.05) is 5.43 Å². The van der Waals surface area contributed by atoms with Crippen molar-refractivity contribution in [1.29, 1.82) is 0 Å². The first kappa shape index (κ1) is 15.5. The van der Waals surface area contributed by atoms with Gasteiger partial charge in [0, 0.05) is 11.4 Å². The Morgan fingerprint density at radius 1 is 1.19 bits per heavy atom. The van der Waals surface area contributed by atoms with Gasteiger partial charge in [0.05, 0.1) is 10.7 Å². The standard InChI is InChI=1S/C15H12BrClN2O2/c1-10(20)15(21-12-8-6-11(16)7-9-12)19-18-14-5-3-2-4-13(14)17/h2-9,18H,1H3/b19-15+. The van der Waals surface area contributed by atoms with Crippen molar-refractivity contribution in [2.45, 2.75) is 6.92 Å². The lowest BCUT2D eigenvalue weighted by Gasteiger charge is -2.08. The van der Waals surface area contributed by atoms with Crippen LogP contribution < -0.4 is 10.2 Å². The minimum atomic E-state index is -0.294. The van der Waals surface area contributed by atoms with Crippen LogP contribution in [0.15, 0.2) is 58.1 Å². The zero-order chi connectivity index (χ0) is 15.2. The van der Waals surface area contributed by atoms with Crippen molar-refractivity contribution in [3.05, 3.63) is 58.0 Å². The highest BCUT2D eigenvalue weighted by molar-refractivity contribution is 9.10. The molecule has 0 fully saturated rings. The van der Waals surface area contributed by atoms with Crippen LogP contribution in [0.3, 0.4) is 0 Å². The number of carbonyl (C=O) groups excluding carboxylic acids is 1. The highest BCUT2D eigenvalue weighted by atomic mass is 79.9. The summed E-state index contributed by atoms with van der Waals surface area (Å²) in [5.41, 5.74) is 3.32. The van der Waals surface area contributed by atoms with Gasteiger partial charge in [0.1, 0.15) is 5.75 Å². The molecule has 0 aliphatic rings. The van der Waals surface area contributed by atoms with Crippen LogP contribution in [-0.2, 0) is 4.79 Å². The number of Topliss-reactive ketones (excluding diaryl/α,β-unsaturated/α-hetero) is 1. The monoisotopic (exact) mass is 366 g/mol. The SMILES string of the molecule is CC(=O)/C(=N\Nc1ccccc1Cl)Oc1ccc(Br)cc1. The van der Waals surface area contributed by atoms with Crippen LogP contribution in [0, 0.1) is 0 Å². The van der Waals surface area contributed by atoms with Crippen LogP contribution in [0.25, 0.3) is 0 Å². The summed E-state index contributed by atoms with van der Waals surface area (Å²) < 4.78 is 6.39. The smallest absolute Gasteiger partial charge is 0.280 e. The van der Waals surface area contributed by atoms with E-state index < -0.39 is 0 Å². The fourth-order valence-corrected chi connectivity index (χ4v) is 1.89. The average molecular weight is 368 g/mol. The first-order valence-electron chi connectivity index (χ1n) is 6.09. The van der Waals surface area contributed by atoms with Gasteiger partial charge in [-0.15, -0.1) is 5.10 Å². The molecule has 0 radical (unpaired) electrons. The largest absolute Gasteiger partial charge is 0.435 e. The Balaban J connectivity index is 2.15. The molecule has 0 unspecified atom stereocenters. The van der Waals surface area contributed by atoms with Crippen LogP contribution in [0.1, 0.15) is 6.92 Å². The molecule has 0 aliphatic carbocycles. The highest BCUT2D eigenvalue weighted by Crippen LogP contribution is 2.21. The maximum Gasteiger partial charge on any atom is 0.280 e. The van der Waals surface area contributed by atoms with Crippen LogP contribution in [0.4, 0.5) is 5.69 Å². The molecule has 108 valence electrons. The summed E-state index contributed by atoms with van der Waals surface area (Å²) in [7, 11) is 0. The summed E-state index contributed by atoms with van der Waals surface area (Å²) in [5, 5.41) is 4.48. The van der Waals surface area contributed by atoms with Crippen molar-refractivity contribution in [2.24, 2.45) is 5.10 Å². The van der Waals surface area contributed by atoms with Gasteiger partial charge < -0.3 is 4.74 Å². The number of rotatable bonds is 4. The van der Waals surface area contributed by atoms with E-state index in [1.165, 1.54) is 6.92 Å². The Bertz CT molecular complexity index is 672. The number of ether oxygens (including phenoxy) is 1. The quantitative estimate of drug-likeness (QED) is 0.492. The number of ketones is 1. The molecule has 0 spiro atoms. The molecule has 2 aromatic rings. The van der Waals surface area contributed by atoms with E-state index in [0.29, 0.717) is 16.5 Å². The molecule has 0 heterocycles. The van der Waals surface area contributed by atoms with Crippen molar-refractivity contribution >= 4 is 44.9 Å². The van der Waals surface area contributed by atoms with E-state index >= 15 is 0 Å². The Morgan fingerprint density at radius 3 is 2.48 bits per heavy atom. The summed E-state index contributed by atoms with van der Waals surface area (Å²) in [5.74, 6) is 0.183. The molecule has 21 heavy (non-hydrogen) atoms. The normalized spacial score (nSPS) is 11.1. The van der Waals surface area contributed by atoms with E-state index in [0.717, 1.165) is 4.47 Å². The number of hydrogen-bond acceptors (Lipinski definition) is 4. The molecule has 4 nitrogen and oxygen atoms in total. The number of benzene rings is 2. The number of nitrogens with zero attached hydrogens (tertiary/aromatic N) is 1. The summed E-state index contributed by atoms with van der Waals surface area (Å²) in [6, 6.07) is 14.2. The Labute approximate surface area is 135 Å². The molecule has 0 saturated carbocycles. The minimum Gasteiger partial charge on any atom is -0.435 e. The summed E-state index contributed by atoms with van der Waals surface area (Å²) in [6.07, 6.45) is 0.